The van der Waals surface area contributed by atoms with Crippen molar-refractivity contribution in [1.82, 2.24) is 9.78 Å². The molecule has 0 saturated heterocycles. The van der Waals surface area contributed by atoms with Crippen LogP contribution in [-0.2, 0) is 11.3 Å². The molecule has 2 aromatic carbocycles. The van der Waals surface area contributed by atoms with Gasteiger partial charge in [-0.05, 0) is 23.8 Å². The van der Waals surface area contributed by atoms with Crippen molar-refractivity contribution in [2.75, 3.05) is 7.11 Å². The highest BCUT2D eigenvalue weighted by Gasteiger charge is 2.09. The van der Waals surface area contributed by atoms with Crippen LogP contribution in [0.4, 0.5) is 0 Å². The van der Waals surface area contributed by atoms with E-state index in [2.05, 4.69) is 9.84 Å². The molecule has 5 nitrogen and oxygen atoms in total. The molecule has 0 spiro atoms. The minimum atomic E-state index is -0.435. The van der Waals surface area contributed by atoms with Crippen molar-refractivity contribution >= 4 is 16.7 Å². The molecule has 110 valence electrons. The fourth-order valence-electron chi connectivity index (χ4n) is 2.30. The molecular formula is C17H14N2O3. The minimum absolute atomic E-state index is 0.183. The molecular weight excluding hydrogens is 280 g/mol. The van der Waals surface area contributed by atoms with Gasteiger partial charge in [0.2, 0.25) is 0 Å². The smallest absolute Gasteiger partial charge is 0.337 e. The van der Waals surface area contributed by atoms with Crippen LogP contribution in [0.5, 0.6) is 0 Å². The molecule has 0 saturated carbocycles. The standard InChI is InChI=1S/C17H14N2O3/c1-22-17(21)13-7-8-15-14(9-13)10-18-19(16(15)20)11-12-5-3-2-4-6-12/h2-10H,11H2,1H3. The third-order valence-corrected chi connectivity index (χ3v) is 3.45. The zero-order valence-corrected chi connectivity index (χ0v) is 12.0. The largest absolute Gasteiger partial charge is 0.465 e. The van der Waals surface area contributed by atoms with Crippen molar-refractivity contribution in [2.24, 2.45) is 0 Å². The van der Waals surface area contributed by atoms with Crippen molar-refractivity contribution in [3.63, 3.8) is 0 Å². The number of aromatic nitrogens is 2. The van der Waals surface area contributed by atoms with E-state index in [1.807, 2.05) is 30.3 Å². The van der Waals surface area contributed by atoms with Crippen LogP contribution in [0.1, 0.15) is 15.9 Å². The summed E-state index contributed by atoms with van der Waals surface area (Å²) in [7, 11) is 1.32. The second-order valence-electron chi connectivity index (χ2n) is 4.89. The van der Waals surface area contributed by atoms with Gasteiger partial charge in [-0.2, -0.15) is 5.10 Å². The maximum Gasteiger partial charge on any atom is 0.337 e. The summed E-state index contributed by atoms with van der Waals surface area (Å²) in [6.45, 7) is 0.411. The van der Waals surface area contributed by atoms with Crippen molar-refractivity contribution in [1.29, 1.82) is 0 Å². The van der Waals surface area contributed by atoms with Crippen LogP contribution in [0, 0.1) is 0 Å². The van der Waals surface area contributed by atoms with Gasteiger partial charge in [0.1, 0.15) is 0 Å². The van der Waals surface area contributed by atoms with E-state index in [4.69, 9.17) is 0 Å². The molecule has 0 unspecified atom stereocenters. The molecule has 0 radical (unpaired) electrons. The Labute approximate surface area is 126 Å². The van der Waals surface area contributed by atoms with Gasteiger partial charge in [0.15, 0.2) is 0 Å². The third kappa shape index (κ3) is 2.61. The molecule has 0 bridgehead atoms. The van der Waals surface area contributed by atoms with Gasteiger partial charge in [-0.3, -0.25) is 4.79 Å². The number of esters is 1. The fourth-order valence-corrected chi connectivity index (χ4v) is 2.30. The zero-order chi connectivity index (χ0) is 15.5. The molecule has 5 heteroatoms. The third-order valence-electron chi connectivity index (χ3n) is 3.45. The predicted octanol–water partition coefficient (Wildman–Crippen LogP) is 2.23. The zero-order valence-electron chi connectivity index (χ0n) is 12.0. The average molecular weight is 294 g/mol. The molecule has 22 heavy (non-hydrogen) atoms. The van der Waals surface area contributed by atoms with Crippen molar-refractivity contribution in [3.8, 4) is 0 Å². The van der Waals surface area contributed by atoms with Gasteiger partial charge in [0.25, 0.3) is 5.56 Å². The summed E-state index contributed by atoms with van der Waals surface area (Å²) < 4.78 is 6.09. The van der Waals surface area contributed by atoms with E-state index in [1.54, 1.807) is 24.4 Å². The van der Waals surface area contributed by atoms with Gasteiger partial charge in [0, 0.05) is 5.39 Å². The first-order valence-electron chi connectivity index (χ1n) is 6.81. The first-order valence-corrected chi connectivity index (χ1v) is 6.81. The fraction of sp³-hybridized carbons (Fsp3) is 0.118. The quantitative estimate of drug-likeness (QED) is 0.695. The van der Waals surface area contributed by atoms with E-state index in [0.29, 0.717) is 22.9 Å². The summed E-state index contributed by atoms with van der Waals surface area (Å²) in [6, 6.07) is 14.5. The number of methoxy groups -OCH3 is 1. The van der Waals surface area contributed by atoms with Gasteiger partial charge in [-0.15, -0.1) is 0 Å². The second kappa shape index (κ2) is 5.81. The predicted molar refractivity (Wildman–Crippen MR) is 82.9 cm³/mol. The lowest BCUT2D eigenvalue weighted by Crippen LogP contribution is -2.23. The molecule has 0 aliphatic carbocycles. The summed E-state index contributed by atoms with van der Waals surface area (Å²) in [4.78, 5) is 24.0. The molecule has 0 amide bonds. The highest BCUT2D eigenvalue weighted by molar-refractivity contribution is 5.94. The Kier molecular flexibility index (Phi) is 3.70. The molecule has 0 aliphatic heterocycles. The number of benzene rings is 2. The normalized spacial score (nSPS) is 10.6. The number of carbonyl (C=O) groups excluding carboxylic acids is 1. The van der Waals surface area contributed by atoms with Gasteiger partial charge < -0.3 is 4.74 Å². The van der Waals surface area contributed by atoms with Crippen LogP contribution in [0.25, 0.3) is 10.8 Å². The lowest BCUT2D eigenvalue weighted by atomic mass is 10.1. The Morgan fingerprint density at radius 3 is 2.68 bits per heavy atom. The molecule has 0 N–H and O–H groups in total. The van der Waals surface area contributed by atoms with Crippen molar-refractivity contribution in [3.05, 3.63) is 76.2 Å². The monoisotopic (exact) mass is 294 g/mol. The van der Waals surface area contributed by atoms with Gasteiger partial charge in [0.05, 0.1) is 30.8 Å². The van der Waals surface area contributed by atoms with Gasteiger partial charge >= 0.3 is 5.97 Å². The molecule has 3 aromatic rings. The van der Waals surface area contributed by atoms with Crippen LogP contribution in [0.15, 0.2) is 59.5 Å². The maximum atomic E-state index is 12.5. The topological polar surface area (TPSA) is 61.2 Å². The number of ether oxygens (including phenoxy) is 1. The number of carbonyl (C=O) groups is 1. The van der Waals surface area contributed by atoms with Crippen LogP contribution in [-0.4, -0.2) is 22.9 Å². The van der Waals surface area contributed by atoms with E-state index >= 15 is 0 Å². The summed E-state index contributed by atoms with van der Waals surface area (Å²) in [5, 5.41) is 5.33. The van der Waals surface area contributed by atoms with Crippen LogP contribution < -0.4 is 5.56 Å². The number of hydrogen-bond donors (Lipinski definition) is 0. The van der Waals surface area contributed by atoms with E-state index in [-0.39, 0.29) is 5.56 Å². The lowest BCUT2D eigenvalue weighted by Gasteiger charge is -2.07. The Hall–Kier alpha value is -2.95. The molecule has 0 aliphatic rings. The van der Waals surface area contributed by atoms with E-state index < -0.39 is 5.97 Å². The Morgan fingerprint density at radius 2 is 1.95 bits per heavy atom. The highest BCUT2D eigenvalue weighted by Crippen LogP contribution is 2.12. The first kappa shape index (κ1) is 14.0. The SMILES string of the molecule is COC(=O)c1ccc2c(=O)n(Cc3ccccc3)ncc2c1. The number of fused-ring (bicyclic) bond motifs is 1. The minimum Gasteiger partial charge on any atom is -0.465 e. The summed E-state index contributed by atoms with van der Waals surface area (Å²) in [6.07, 6.45) is 1.59. The summed E-state index contributed by atoms with van der Waals surface area (Å²) in [5.41, 5.74) is 1.22. The van der Waals surface area contributed by atoms with E-state index in [0.717, 1.165) is 5.56 Å². The summed E-state index contributed by atoms with van der Waals surface area (Å²) in [5.74, 6) is -0.435. The average Bonchev–Trinajstić information content (AvgIpc) is 2.57. The van der Waals surface area contributed by atoms with Crippen LogP contribution in [0.3, 0.4) is 0 Å². The first-order chi connectivity index (χ1) is 10.7. The maximum absolute atomic E-state index is 12.5. The molecule has 3 rings (SSSR count). The van der Waals surface area contributed by atoms with Gasteiger partial charge in [-0.25, -0.2) is 9.48 Å². The number of rotatable bonds is 3. The highest BCUT2D eigenvalue weighted by atomic mass is 16.5. The van der Waals surface area contributed by atoms with Crippen molar-refractivity contribution < 1.29 is 9.53 Å². The van der Waals surface area contributed by atoms with Crippen LogP contribution in [0.2, 0.25) is 0 Å². The number of hydrogen-bond acceptors (Lipinski definition) is 4. The lowest BCUT2D eigenvalue weighted by molar-refractivity contribution is 0.0601. The van der Waals surface area contributed by atoms with E-state index in [9.17, 15) is 9.59 Å². The van der Waals surface area contributed by atoms with Gasteiger partial charge in [-0.1, -0.05) is 30.3 Å². The van der Waals surface area contributed by atoms with E-state index in [1.165, 1.54) is 11.8 Å². The van der Waals surface area contributed by atoms with Crippen LogP contribution >= 0.6 is 0 Å². The molecule has 1 aromatic heterocycles. The summed E-state index contributed by atoms with van der Waals surface area (Å²) >= 11 is 0. The second-order valence-corrected chi connectivity index (χ2v) is 4.89. The molecule has 1 heterocycles. The number of nitrogens with zero attached hydrogens (tertiary/aromatic N) is 2. The Morgan fingerprint density at radius 1 is 1.18 bits per heavy atom. The van der Waals surface area contributed by atoms with Crippen molar-refractivity contribution in [2.45, 2.75) is 6.54 Å². The molecule has 0 fully saturated rings. The molecule has 0 atom stereocenters. The Bertz CT molecular complexity index is 885. The Balaban J connectivity index is 2.03.